The van der Waals surface area contributed by atoms with Gasteiger partial charge in [-0.25, -0.2) is 13.1 Å². The first-order valence-electron chi connectivity index (χ1n) is 6.71. The lowest BCUT2D eigenvalue weighted by molar-refractivity contribution is 0.0401. The van der Waals surface area contributed by atoms with Gasteiger partial charge >= 0.3 is 0 Å². The van der Waals surface area contributed by atoms with Gasteiger partial charge in [-0.1, -0.05) is 5.21 Å². The van der Waals surface area contributed by atoms with Crippen molar-refractivity contribution in [1.82, 2.24) is 15.0 Å². The number of hydrogen-bond donors (Lipinski definition) is 1. The van der Waals surface area contributed by atoms with Crippen LogP contribution in [0.1, 0.15) is 32.4 Å². The Morgan fingerprint density at radius 2 is 2.10 bits per heavy atom. The standard InChI is InChI=1S/C12H21N3O4S/c1-12(2,16)11-9-15(14-13-11)5-6-19-10-3-7-20(17,18)8-4-10/h9-10,16H,3-8H2,1-2H3. The lowest BCUT2D eigenvalue weighted by Crippen LogP contribution is -2.29. The van der Waals surface area contributed by atoms with Crippen molar-refractivity contribution in [2.45, 2.75) is 44.9 Å². The summed E-state index contributed by atoms with van der Waals surface area (Å²) in [6, 6.07) is 0. The van der Waals surface area contributed by atoms with Crippen molar-refractivity contribution < 1.29 is 18.3 Å². The second-order valence-electron chi connectivity index (χ2n) is 5.65. The summed E-state index contributed by atoms with van der Waals surface area (Å²) in [4.78, 5) is 0. The summed E-state index contributed by atoms with van der Waals surface area (Å²) in [7, 11) is -2.84. The molecule has 1 N–H and O–H groups in total. The van der Waals surface area contributed by atoms with Crippen LogP contribution in [0.3, 0.4) is 0 Å². The van der Waals surface area contributed by atoms with Crippen LogP contribution in [-0.2, 0) is 26.7 Å². The average molecular weight is 303 g/mol. The Morgan fingerprint density at radius 1 is 1.45 bits per heavy atom. The number of rotatable bonds is 5. The number of ether oxygens (including phenoxy) is 1. The van der Waals surface area contributed by atoms with E-state index in [1.807, 2.05) is 0 Å². The Morgan fingerprint density at radius 3 is 2.65 bits per heavy atom. The first-order valence-corrected chi connectivity index (χ1v) is 8.53. The van der Waals surface area contributed by atoms with Crippen LogP contribution in [0.25, 0.3) is 0 Å². The Labute approximate surface area is 118 Å². The number of aliphatic hydroxyl groups is 1. The van der Waals surface area contributed by atoms with Crippen molar-refractivity contribution in [3.8, 4) is 0 Å². The minimum absolute atomic E-state index is 0.01000. The molecule has 0 unspecified atom stereocenters. The van der Waals surface area contributed by atoms with Gasteiger partial charge in [0.2, 0.25) is 0 Å². The van der Waals surface area contributed by atoms with Crippen LogP contribution < -0.4 is 0 Å². The third-order valence-electron chi connectivity index (χ3n) is 3.34. The van der Waals surface area contributed by atoms with Crippen LogP contribution in [0, 0.1) is 0 Å². The van der Waals surface area contributed by atoms with Gasteiger partial charge in [0.1, 0.15) is 11.3 Å². The summed E-state index contributed by atoms with van der Waals surface area (Å²) in [5.74, 6) is 0.424. The largest absolute Gasteiger partial charge is 0.384 e. The van der Waals surface area contributed by atoms with Gasteiger partial charge in [0, 0.05) is 0 Å². The molecule has 0 amide bonds. The van der Waals surface area contributed by atoms with Crippen LogP contribution in [0.5, 0.6) is 0 Å². The molecule has 0 saturated carbocycles. The van der Waals surface area contributed by atoms with E-state index in [9.17, 15) is 13.5 Å². The maximum Gasteiger partial charge on any atom is 0.150 e. The van der Waals surface area contributed by atoms with Crippen LogP contribution >= 0.6 is 0 Å². The van der Waals surface area contributed by atoms with E-state index in [4.69, 9.17) is 4.74 Å². The van der Waals surface area contributed by atoms with Crippen molar-refractivity contribution in [3.63, 3.8) is 0 Å². The molecule has 2 heterocycles. The molecule has 8 heteroatoms. The predicted molar refractivity (Wildman–Crippen MR) is 72.9 cm³/mol. The monoisotopic (exact) mass is 303 g/mol. The van der Waals surface area contributed by atoms with Crippen molar-refractivity contribution in [3.05, 3.63) is 11.9 Å². The zero-order valence-electron chi connectivity index (χ0n) is 11.8. The van der Waals surface area contributed by atoms with E-state index in [1.54, 1.807) is 24.7 Å². The first kappa shape index (κ1) is 15.4. The summed E-state index contributed by atoms with van der Waals surface area (Å²) >= 11 is 0. The third kappa shape index (κ3) is 4.26. The van der Waals surface area contributed by atoms with Crippen molar-refractivity contribution in [2.75, 3.05) is 18.1 Å². The fourth-order valence-corrected chi connectivity index (χ4v) is 3.48. The minimum atomic E-state index is -2.84. The van der Waals surface area contributed by atoms with Crippen molar-refractivity contribution in [2.24, 2.45) is 0 Å². The van der Waals surface area contributed by atoms with Gasteiger partial charge in [-0.3, -0.25) is 0 Å². The molecule has 0 aliphatic carbocycles. The SMILES string of the molecule is CC(C)(O)c1cn(CCOC2CCS(=O)(=O)CC2)nn1. The number of nitrogens with zero attached hydrogens (tertiary/aromatic N) is 3. The summed E-state index contributed by atoms with van der Waals surface area (Å²) in [5.41, 5.74) is -0.488. The van der Waals surface area contributed by atoms with Gasteiger partial charge in [0.15, 0.2) is 9.84 Å². The highest BCUT2D eigenvalue weighted by atomic mass is 32.2. The molecule has 1 saturated heterocycles. The molecule has 0 aromatic carbocycles. The van der Waals surface area contributed by atoms with E-state index >= 15 is 0 Å². The lowest BCUT2D eigenvalue weighted by Gasteiger charge is -2.22. The molecule has 1 aliphatic rings. The maximum atomic E-state index is 11.3. The van der Waals surface area contributed by atoms with E-state index in [0.717, 1.165) is 0 Å². The highest BCUT2D eigenvalue weighted by Gasteiger charge is 2.24. The fourth-order valence-electron chi connectivity index (χ4n) is 2.04. The quantitative estimate of drug-likeness (QED) is 0.829. The van der Waals surface area contributed by atoms with Gasteiger partial charge in [-0.05, 0) is 26.7 Å². The van der Waals surface area contributed by atoms with E-state index in [1.165, 1.54) is 0 Å². The molecular formula is C12H21N3O4S. The average Bonchev–Trinajstić information content (AvgIpc) is 2.80. The summed E-state index contributed by atoms with van der Waals surface area (Å²) < 4.78 is 29.9. The summed E-state index contributed by atoms with van der Waals surface area (Å²) in [6.45, 7) is 4.30. The predicted octanol–water partition coefficient (Wildman–Crippen LogP) is 0.0993. The molecule has 0 bridgehead atoms. The summed E-state index contributed by atoms with van der Waals surface area (Å²) in [6.07, 6.45) is 2.83. The zero-order valence-corrected chi connectivity index (χ0v) is 12.6. The van der Waals surface area contributed by atoms with Gasteiger partial charge in [0.05, 0.1) is 37.0 Å². The molecule has 1 aliphatic heterocycles. The Kier molecular flexibility index (Phi) is 4.46. The van der Waals surface area contributed by atoms with Gasteiger partial charge in [-0.15, -0.1) is 5.10 Å². The molecule has 1 aromatic rings. The van der Waals surface area contributed by atoms with Gasteiger partial charge in [-0.2, -0.15) is 0 Å². The minimum Gasteiger partial charge on any atom is -0.384 e. The maximum absolute atomic E-state index is 11.3. The highest BCUT2D eigenvalue weighted by molar-refractivity contribution is 7.91. The molecule has 20 heavy (non-hydrogen) atoms. The molecule has 1 aromatic heterocycles. The first-order chi connectivity index (χ1) is 9.26. The topological polar surface area (TPSA) is 94.3 Å². The molecule has 0 atom stereocenters. The zero-order chi connectivity index (χ0) is 14.8. The van der Waals surface area contributed by atoms with Gasteiger partial charge < -0.3 is 9.84 Å². The summed E-state index contributed by atoms with van der Waals surface area (Å²) in [5, 5.41) is 17.6. The Balaban J connectivity index is 1.75. The highest BCUT2D eigenvalue weighted by Crippen LogP contribution is 2.17. The van der Waals surface area contributed by atoms with Crippen molar-refractivity contribution >= 4 is 9.84 Å². The van der Waals surface area contributed by atoms with E-state index in [0.29, 0.717) is 31.7 Å². The van der Waals surface area contributed by atoms with Crippen molar-refractivity contribution in [1.29, 1.82) is 0 Å². The fraction of sp³-hybridized carbons (Fsp3) is 0.833. The number of aromatic nitrogens is 3. The molecule has 1 fully saturated rings. The van der Waals surface area contributed by atoms with Crippen LogP contribution in [0.4, 0.5) is 0 Å². The van der Waals surface area contributed by atoms with Crippen LogP contribution in [0.2, 0.25) is 0 Å². The second kappa shape index (κ2) is 5.79. The van der Waals surface area contributed by atoms with E-state index < -0.39 is 15.4 Å². The van der Waals surface area contributed by atoms with Gasteiger partial charge in [0.25, 0.3) is 0 Å². The second-order valence-corrected chi connectivity index (χ2v) is 7.95. The normalized spacial score (nSPS) is 20.1. The molecular weight excluding hydrogens is 282 g/mol. The Bertz CT molecular complexity index is 533. The smallest absolute Gasteiger partial charge is 0.150 e. The molecule has 114 valence electrons. The molecule has 0 spiro atoms. The van der Waals surface area contributed by atoms with E-state index in [-0.39, 0.29) is 17.6 Å². The number of hydrogen-bond acceptors (Lipinski definition) is 6. The third-order valence-corrected chi connectivity index (χ3v) is 5.06. The van der Waals surface area contributed by atoms with Crippen LogP contribution in [-0.4, -0.2) is 52.7 Å². The lowest BCUT2D eigenvalue weighted by atomic mass is 10.1. The van der Waals surface area contributed by atoms with Crippen LogP contribution in [0.15, 0.2) is 6.20 Å². The molecule has 0 radical (unpaired) electrons. The van der Waals surface area contributed by atoms with E-state index in [2.05, 4.69) is 10.3 Å². The molecule has 2 rings (SSSR count). The molecule has 7 nitrogen and oxygen atoms in total. The Hall–Kier alpha value is -0.990. The number of sulfone groups is 1.